The second-order valence-corrected chi connectivity index (χ2v) is 16.5. The standard InChI is InChI=1S/C22H30BrNO5SSi/c1-8-15-13-16(23)14-19(21(25)26)20(15)24(5)30(27,28)18-11-9-17(10-12-18)29-31(6,7)22(2,3)4/h9-14H,8H2,1-7H3,(H,25,26). The topological polar surface area (TPSA) is 83.9 Å². The van der Waals surface area contributed by atoms with Gasteiger partial charge in [0, 0.05) is 11.5 Å². The van der Waals surface area contributed by atoms with Crippen molar-refractivity contribution in [1.82, 2.24) is 0 Å². The molecule has 0 radical (unpaired) electrons. The number of carboxylic acid groups (broad SMARTS) is 1. The van der Waals surface area contributed by atoms with Crippen molar-refractivity contribution in [1.29, 1.82) is 0 Å². The number of hydrogen-bond acceptors (Lipinski definition) is 4. The molecule has 0 saturated heterocycles. The maximum Gasteiger partial charge on any atom is 0.337 e. The molecule has 0 aromatic heterocycles. The van der Waals surface area contributed by atoms with E-state index in [1.165, 1.54) is 25.2 Å². The molecule has 0 spiro atoms. The average molecular weight is 529 g/mol. The van der Waals surface area contributed by atoms with Crippen molar-refractivity contribution in [2.75, 3.05) is 11.4 Å². The SMILES string of the molecule is CCc1cc(Br)cc(C(=O)O)c1N(C)S(=O)(=O)c1ccc(O[Si](C)(C)C(C)(C)C)cc1. The molecule has 0 amide bonds. The third-order valence-corrected chi connectivity index (χ3v) is 12.3. The lowest BCUT2D eigenvalue weighted by Gasteiger charge is -2.36. The number of halogens is 1. The van der Waals surface area contributed by atoms with Gasteiger partial charge in [0.2, 0.25) is 8.32 Å². The number of aryl methyl sites for hydroxylation is 1. The molecular weight excluding hydrogens is 498 g/mol. The number of nitrogens with zero attached hydrogens (tertiary/aromatic N) is 1. The summed E-state index contributed by atoms with van der Waals surface area (Å²) in [5, 5.41) is 9.67. The largest absolute Gasteiger partial charge is 0.544 e. The first kappa shape index (κ1) is 25.4. The van der Waals surface area contributed by atoms with Crippen LogP contribution in [0.1, 0.15) is 43.6 Å². The molecule has 0 fully saturated rings. The molecule has 31 heavy (non-hydrogen) atoms. The van der Waals surface area contributed by atoms with Crippen molar-refractivity contribution in [3.05, 3.63) is 52.0 Å². The van der Waals surface area contributed by atoms with E-state index < -0.39 is 24.3 Å². The van der Waals surface area contributed by atoms with Gasteiger partial charge in [-0.1, -0.05) is 43.6 Å². The van der Waals surface area contributed by atoms with E-state index in [4.69, 9.17) is 4.43 Å². The van der Waals surface area contributed by atoms with Gasteiger partial charge in [-0.2, -0.15) is 0 Å². The molecule has 9 heteroatoms. The third kappa shape index (κ3) is 5.32. The first-order valence-corrected chi connectivity index (χ1v) is 15.1. The minimum Gasteiger partial charge on any atom is -0.544 e. The molecule has 170 valence electrons. The smallest absolute Gasteiger partial charge is 0.337 e. The quantitative estimate of drug-likeness (QED) is 0.451. The Hall–Kier alpha value is -1.84. The van der Waals surface area contributed by atoms with Gasteiger partial charge in [0.05, 0.1) is 16.1 Å². The lowest BCUT2D eigenvalue weighted by atomic mass is 10.1. The number of hydrogen-bond donors (Lipinski definition) is 1. The molecule has 2 rings (SSSR count). The lowest BCUT2D eigenvalue weighted by Crippen LogP contribution is -2.43. The Morgan fingerprint density at radius 3 is 2.16 bits per heavy atom. The van der Waals surface area contributed by atoms with Crippen LogP contribution < -0.4 is 8.73 Å². The molecule has 1 N–H and O–H groups in total. The second kappa shape index (κ2) is 8.95. The van der Waals surface area contributed by atoms with Crippen LogP contribution in [-0.4, -0.2) is 34.9 Å². The Bertz CT molecular complexity index is 1080. The minimum absolute atomic E-state index is 0.0172. The second-order valence-electron chi connectivity index (χ2n) is 8.93. The van der Waals surface area contributed by atoms with Crippen LogP contribution in [0.15, 0.2) is 45.8 Å². The Labute approximate surface area is 194 Å². The Morgan fingerprint density at radius 2 is 1.71 bits per heavy atom. The van der Waals surface area contributed by atoms with E-state index in [1.54, 1.807) is 18.2 Å². The monoisotopic (exact) mass is 527 g/mol. The highest BCUT2D eigenvalue weighted by molar-refractivity contribution is 9.10. The van der Waals surface area contributed by atoms with E-state index in [2.05, 4.69) is 49.8 Å². The number of carboxylic acids is 1. The highest BCUT2D eigenvalue weighted by Gasteiger charge is 2.39. The fraction of sp³-hybridized carbons (Fsp3) is 0.409. The Kier molecular flexibility index (Phi) is 7.34. The van der Waals surface area contributed by atoms with Gasteiger partial charge >= 0.3 is 5.97 Å². The summed E-state index contributed by atoms with van der Waals surface area (Å²) in [4.78, 5) is 11.9. The fourth-order valence-corrected chi connectivity index (χ4v) is 5.65. The maximum absolute atomic E-state index is 13.3. The predicted octanol–water partition coefficient (Wildman–Crippen LogP) is 5.92. The molecular formula is C22H30BrNO5SSi. The van der Waals surface area contributed by atoms with Crippen LogP contribution in [0.5, 0.6) is 5.75 Å². The highest BCUT2D eigenvalue weighted by atomic mass is 79.9. The summed E-state index contributed by atoms with van der Waals surface area (Å²) in [5.41, 5.74) is 0.714. The van der Waals surface area contributed by atoms with Crippen LogP contribution in [0, 0.1) is 0 Å². The van der Waals surface area contributed by atoms with Gasteiger partial charge in [-0.15, -0.1) is 0 Å². The molecule has 0 aliphatic rings. The van der Waals surface area contributed by atoms with Crippen molar-refractivity contribution in [2.24, 2.45) is 0 Å². The van der Waals surface area contributed by atoms with Crippen molar-refractivity contribution >= 4 is 45.9 Å². The molecule has 2 aromatic carbocycles. The molecule has 6 nitrogen and oxygen atoms in total. The van der Waals surface area contributed by atoms with Crippen LogP contribution in [0.3, 0.4) is 0 Å². The summed E-state index contributed by atoms with van der Waals surface area (Å²) >= 11 is 3.30. The van der Waals surface area contributed by atoms with Crippen LogP contribution in [0.2, 0.25) is 18.1 Å². The zero-order chi connectivity index (χ0) is 23.8. The van der Waals surface area contributed by atoms with Crippen LogP contribution in [0.4, 0.5) is 5.69 Å². The van der Waals surface area contributed by atoms with Crippen LogP contribution in [0.25, 0.3) is 0 Å². The normalized spacial score (nSPS) is 12.5. The van der Waals surface area contributed by atoms with Gasteiger partial charge in [-0.05, 0) is 66.5 Å². The molecule has 0 atom stereocenters. The zero-order valence-electron chi connectivity index (χ0n) is 19.0. The van der Waals surface area contributed by atoms with E-state index in [9.17, 15) is 18.3 Å². The summed E-state index contributed by atoms with van der Waals surface area (Å²) in [6.07, 6.45) is 0.480. The van der Waals surface area contributed by atoms with E-state index in [0.29, 0.717) is 22.2 Å². The lowest BCUT2D eigenvalue weighted by molar-refractivity contribution is 0.0697. The number of rotatable bonds is 7. The van der Waals surface area contributed by atoms with Crippen LogP contribution in [-0.2, 0) is 16.4 Å². The third-order valence-electron chi connectivity index (χ3n) is 5.74. The van der Waals surface area contributed by atoms with E-state index in [1.807, 2.05) is 6.92 Å². The molecule has 0 aliphatic heterocycles. The maximum atomic E-state index is 13.3. The fourth-order valence-electron chi connectivity index (χ4n) is 2.87. The molecule has 0 saturated carbocycles. The summed E-state index contributed by atoms with van der Waals surface area (Å²) < 4.78 is 34.5. The molecule has 0 unspecified atom stereocenters. The summed E-state index contributed by atoms with van der Waals surface area (Å²) in [7, 11) is -4.64. The zero-order valence-corrected chi connectivity index (χ0v) is 22.4. The van der Waals surface area contributed by atoms with Crippen molar-refractivity contribution < 1.29 is 22.7 Å². The minimum atomic E-state index is -3.97. The average Bonchev–Trinajstić information content (AvgIpc) is 2.65. The Balaban J connectivity index is 2.46. The van der Waals surface area contributed by atoms with Gasteiger partial charge < -0.3 is 9.53 Å². The van der Waals surface area contributed by atoms with Crippen molar-refractivity contribution in [3.8, 4) is 5.75 Å². The summed E-state index contributed by atoms with van der Waals surface area (Å²) in [5.74, 6) is -0.566. The number of carbonyl (C=O) groups is 1. The predicted molar refractivity (Wildman–Crippen MR) is 130 cm³/mol. The van der Waals surface area contributed by atoms with Gasteiger partial charge in [0.1, 0.15) is 5.75 Å². The number of benzene rings is 2. The van der Waals surface area contributed by atoms with Gasteiger partial charge in [-0.3, -0.25) is 4.31 Å². The van der Waals surface area contributed by atoms with Crippen molar-refractivity contribution in [2.45, 2.75) is 57.1 Å². The van der Waals surface area contributed by atoms with E-state index >= 15 is 0 Å². The van der Waals surface area contributed by atoms with Gasteiger partial charge in [0.15, 0.2) is 0 Å². The highest BCUT2D eigenvalue weighted by Crippen LogP contribution is 2.38. The van der Waals surface area contributed by atoms with Gasteiger partial charge in [-0.25, -0.2) is 13.2 Å². The van der Waals surface area contributed by atoms with Gasteiger partial charge in [0.25, 0.3) is 10.0 Å². The molecule has 0 aliphatic carbocycles. The first-order chi connectivity index (χ1) is 14.1. The first-order valence-electron chi connectivity index (χ1n) is 9.95. The van der Waals surface area contributed by atoms with E-state index in [-0.39, 0.29) is 21.2 Å². The number of aromatic carboxylic acids is 1. The molecule has 0 bridgehead atoms. The number of anilines is 1. The van der Waals surface area contributed by atoms with E-state index in [0.717, 1.165) is 4.31 Å². The summed E-state index contributed by atoms with van der Waals surface area (Å²) in [6.45, 7) is 12.5. The summed E-state index contributed by atoms with van der Waals surface area (Å²) in [6, 6.07) is 9.46. The Morgan fingerprint density at radius 1 is 1.16 bits per heavy atom. The molecule has 0 heterocycles. The number of sulfonamides is 1. The van der Waals surface area contributed by atoms with Crippen LogP contribution >= 0.6 is 15.9 Å². The van der Waals surface area contributed by atoms with Crippen molar-refractivity contribution in [3.63, 3.8) is 0 Å². The molecule has 2 aromatic rings.